The fourth-order valence-corrected chi connectivity index (χ4v) is 3.80. The number of carbonyl (C=O) groups is 2. The van der Waals surface area contributed by atoms with Crippen LogP contribution in [-0.2, 0) is 16.6 Å². The first-order valence-electron chi connectivity index (χ1n) is 9.94. The number of hydrogen-bond donors (Lipinski definition) is 2. The Morgan fingerprint density at radius 3 is 2.77 bits per heavy atom. The molecular weight excluding hydrogens is 406 g/mol. The Balaban J connectivity index is 0.00000320. The molecule has 2 N–H and O–H groups in total. The van der Waals surface area contributed by atoms with Crippen LogP contribution in [-0.4, -0.2) is 59.8 Å². The molecule has 3 rings (SSSR count). The van der Waals surface area contributed by atoms with Crippen molar-refractivity contribution in [3.8, 4) is 5.75 Å². The Morgan fingerprint density at radius 1 is 1.33 bits per heavy atom. The van der Waals surface area contributed by atoms with Crippen LogP contribution in [0.3, 0.4) is 0 Å². The highest BCUT2D eigenvalue weighted by atomic mass is 35.5. The van der Waals surface area contributed by atoms with Gasteiger partial charge in [0, 0.05) is 38.8 Å². The van der Waals surface area contributed by atoms with Gasteiger partial charge >= 0.3 is 0 Å². The Hall–Kier alpha value is -2.58. The average Bonchev–Trinajstić information content (AvgIpc) is 3.36. The average molecular weight is 436 g/mol. The van der Waals surface area contributed by atoms with E-state index in [1.54, 1.807) is 28.8 Å². The lowest BCUT2D eigenvalue weighted by molar-refractivity contribution is -0.138. The zero-order valence-corrected chi connectivity index (χ0v) is 18.4. The quantitative estimate of drug-likeness (QED) is 0.662. The van der Waals surface area contributed by atoms with E-state index >= 15 is 0 Å². The molecule has 0 unspecified atom stereocenters. The molecule has 8 nitrogen and oxygen atoms in total. The minimum atomic E-state index is -0.236. The van der Waals surface area contributed by atoms with Gasteiger partial charge in [0.1, 0.15) is 5.75 Å². The van der Waals surface area contributed by atoms with Crippen molar-refractivity contribution >= 4 is 29.9 Å². The van der Waals surface area contributed by atoms with Crippen LogP contribution >= 0.6 is 12.4 Å². The maximum absolute atomic E-state index is 13.3. The van der Waals surface area contributed by atoms with Gasteiger partial charge in [-0.1, -0.05) is 19.1 Å². The molecule has 30 heavy (non-hydrogen) atoms. The Labute approximate surface area is 183 Å². The maximum Gasteiger partial charge on any atom is 0.244 e. The van der Waals surface area contributed by atoms with Crippen molar-refractivity contribution in [1.29, 1.82) is 0 Å². The standard InChI is InChI=1S/C21H29N5O3.ClH/c1-4-9-26(14-20(27)24-18-7-5-6-8-19(18)29-3)21(28)17-12-22-11-16(17)15-10-23-25(2)13-15;/h5-8,10,13,16-17,22H,4,9,11-12,14H2,1-3H3,(H,24,27);1H/t16-,17+;/m1./s1. The van der Waals surface area contributed by atoms with Crippen molar-refractivity contribution in [2.75, 3.05) is 38.6 Å². The number of para-hydroxylation sites is 2. The van der Waals surface area contributed by atoms with Gasteiger partial charge in [-0.2, -0.15) is 5.10 Å². The molecule has 164 valence electrons. The van der Waals surface area contributed by atoms with Crippen molar-refractivity contribution < 1.29 is 14.3 Å². The van der Waals surface area contributed by atoms with Gasteiger partial charge in [-0.3, -0.25) is 14.3 Å². The summed E-state index contributed by atoms with van der Waals surface area (Å²) >= 11 is 0. The summed E-state index contributed by atoms with van der Waals surface area (Å²) in [4.78, 5) is 27.6. The normalized spacial score (nSPS) is 17.8. The first-order valence-corrected chi connectivity index (χ1v) is 9.94. The van der Waals surface area contributed by atoms with E-state index in [0.29, 0.717) is 24.5 Å². The molecule has 1 aliphatic rings. The monoisotopic (exact) mass is 435 g/mol. The van der Waals surface area contributed by atoms with Crippen LogP contribution in [0.2, 0.25) is 0 Å². The molecule has 0 saturated carbocycles. The fraction of sp³-hybridized carbons (Fsp3) is 0.476. The predicted molar refractivity (Wildman–Crippen MR) is 118 cm³/mol. The third-order valence-corrected chi connectivity index (χ3v) is 5.21. The van der Waals surface area contributed by atoms with Crippen LogP contribution in [0, 0.1) is 5.92 Å². The van der Waals surface area contributed by atoms with E-state index in [0.717, 1.165) is 18.5 Å². The lowest BCUT2D eigenvalue weighted by Gasteiger charge is -2.27. The summed E-state index contributed by atoms with van der Waals surface area (Å²) < 4.78 is 7.03. The lowest BCUT2D eigenvalue weighted by atomic mass is 9.89. The van der Waals surface area contributed by atoms with E-state index in [1.165, 1.54) is 0 Å². The summed E-state index contributed by atoms with van der Waals surface area (Å²) in [5, 5.41) is 10.4. The van der Waals surface area contributed by atoms with Crippen molar-refractivity contribution in [3.05, 3.63) is 42.2 Å². The molecule has 2 amide bonds. The molecule has 2 atom stereocenters. The van der Waals surface area contributed by atoms with Crippen LogP contribution in [0.1, 0.15) is 24.8 Å². The molecule has 9 heteroatoms. The second-order valence-corrected chi connectivity index (χ2v) is 7.33. The highest BCUT2D eigenvalue weighted by Gasteiger charge is 2.37. The van der Waals surface area contributed by atoms with Gasteiger partial charge in [0.2, 0.25) is 11.8 Å². The number of carbonyl (C=O) groups excluding carboxylic acids is 2. The number of nitrogens with one attached hydrogen (secondary N) is 2. The second kappa shape index (κ2) is 11.0. The minimum absolute atomic E-state index is 0. The van der Waals surface area contributed by atoms with Gasteiger partial charge in [0.05, 0.1) is 31.5 Å². The predicted octanol–water partition coefficient (Wildman–Crippen LogP) is 2.03. The first kappa shape index (κ1) is 23.7. The van der Waals surface area contributed by atoms with E-state index in [9.17, 15) is 9.59 Å². The van der Waals surface area contributed by atoms with Gasteiger partial charge in [-0.15, -0.1) is 12.4 Å². The van der Waals surface area contributed by atoms with E-state index in [4.69, 9.17) is 4.74 Å². The Bertz CT molecular complexity index is 857. The number of hydrogen-bond acceptors (Lipinski definition) is 5. The third-order valence-electron chi connectivity index (χ3n) is 5.21. The number of halogens is 1. The summed E-state index contributed by atoms with van der Waals surface area (Å²) in [5.74, 6) is 0.213. The summed E-state index contributed by atoms with van der Waals surface area (Å²) in [6.07, 6.45) is 4.55. The zero-order chi connectivity index (χ0) is 20.8. The number of anilines is 1. The zero-order valence-electron chi connectivity index (χ0n) is 17.6. The van der Waals surface area contributed by atoms with Crippen molar-refractivity contribution in [1.82, 2.24) is 20.0 Å². The molecule has 1 aliphatic heterocycles. The van der Waals surface area contributed by atoms with Gasteiger partial charge < -0.3 is 20.3 Å². The number of methoxy groups -OCH3 is 1. The summed E-state index contributed by atoms with van der Waals surface area (Å²) in [7, 11) is 3.43. The lowest BCUT2D eigenvalue weighted by Crippen LogP contribution is -2.43. The second-order valence-electron chi connectivity index (χ2n) is 7.33. The molecule has 0 aliphatic carbocycles. The van der Waals surface area contributed by atoms with Crippen LogP contribution in [0.25, 0.3) is 0 Å². The van der Waals surface area contributed by atoms with Crippen LogP contribution < -0.4 is 15.4 Å². The van der Waals surface area contributed by atoms with E-state index < -0.39 is 0 Å². The first-order chi connectivity index (χ1) is 14.0. The van der Waals surface area contributed by atoms with E-state index in [2.05, 4.69) is 15.7 Å². The third kappa shape index (κ3) is 5.52. The smallest absolute Gasteiger partial charge is 0.244 e. The Kier molecular flexibility index (Phi) is 8.68. The van der Waals surface area contributed by atoms with Crippen LogP contribution in [0.5, 0.6) is 5.75 Å². The largest absolute Gasteiger partial charge is 0.495 e. The topological polar surface area (TPSA) is 88.5 Å². The van der Waals surface area contributed by atoms with E-state index in [-0.39, 0.29) is 42.6 Å². The molecule has 2 heterocycles. The number of nitrogens with zero attached hydrogens (tertiary/aromatic N) is 3. The van der Waals surface area contributed by atoms with E-state index in [1.807, 2.05) is 38.5 Å². The number of benzene rings is 1. The molecule has 1 aromatic carbocycles. The van der Waals surface area contributed by atoms with Crippen molar-refractivity contribution in [3.63, 3.8) is 0 Å². The molecule has 0 bridgehead atoms. The molecular formula is C21H30ClN5O3. The summed E-state index contributed by atoms with van der Waals surface area (Å²) in [6.45, 7) is 3.89. The highest BCUT2D eigenvalue weighted by Crippen LogP contribution is 2.29. The van der Waals surface area contributed by atoms with Gasteiger partial charge in [0.25, 0.3) is 0 Å². The molecule has 1 aromatic heterocycles. The molecule has 1 fully saturated rings. The number of aromatic nitrogens is 2. The SMILES string of the molecule is CCCN(CC(=O)Nc1ccccc1OC)C(=O)[C@H]1CNC[C@@H]1c1cnn(C)c1.Cl. The van der Waals surface area contributed by atoms with Gasteiger partial charge in [-0.25, -0.2) is 0 Å². The van der Waals surface area contributed by atoms with Crippen molar-refractivity contribution in [2.45, 2.75) is 19.3 Å². The minimum Gasteiger partial charge on any atom is -0.495 e. The molecule has 2 aromatic rings. The fourth-order valence-electron chi connectivity index (χ4n) is 3.80. The number of aryl methyl sites for hydroxylation is 1. The van der Waals surface area contributed by atoms with Gasteiger partial charge in [-0.05, 0) is 24.1 Å². The molecule has 0 spiro atoms. The van der Waals surface area contributed by atoms with Crippen LogP contribution in [0.4, 0.5) is 5.69 Å². The number of rotatable bonds is 8. The number of amides is 2. The number of ether oxygens (including phenoxy) is 1. The highest BCUT2D eigenvalue weighted by molar-refractivity contribution is 5.96. The van der Waals surface area contributed by atoms with Crippen molar-refractivity contribution in [2.24, 2.45) is 13.0 Å². The maximum atomic E-state index is 13.3. The van der Waals surface area contributed by atoms with Crippen LogP contribution in [0.15, 0.2) is 36.7 Å². The Morgan fingerprint density at radius 2 is 2.10 bits per heavy atom. The summed E-state index contributed by atoms with van der Waals surface area (Å²) in [6, 6.07) is 7.23. The van der Waals surface area contributed by atoms with Gasteiger partial charge in [0.15, 0.2) is 0 Å². The molecule has 1 saturated heterocycles. The summed E-state index contributed by atoms with van der Waals surface area (Å²) in [5.41, 5.74) is 1.64. The molecule has 0 radical (unpaired) electrons.